The molecule has 3 amide bonds. The SMILES string of the molecule is CC(=O)CCCCCNC(=O)[N-]CCCOCC(=O)[N-]Cc1ccc(CC(=O)CC(C)=O)cc1.[Rb+].[Rb+]. The number of amides is 3. The summed E-state index contributed by atoms with van der Waals surface area (Å²) in [5, 5.41) is 10.5. The molecule has 0 aliphatic carbocycles. The molecule has 9 nitrogen and oxygen atoms in total. The Morgan fingerprint density at radius 2 is 1.50 bits per heavy atom. The number of Topliss-reactive ketones (excluding diaryl/α,β-unsaturated/α-hetero) is 3. The summed E-state index contributed by atoms with van der Waals surface area (Å²) in [5.41, 5.74) is 1.65. The Hall–Kier alpha value is 0.540. The van der Waals surface area contributed by atoms with Crippen molar-refractivity contribution in [1.82, 2.24) is 5.32 Å². The Morgan fingerprint density at radius 3 is 2.14 bits per heavy atom. The Morgan fingerprint density at radius 1 is 0.833 bits per heavy atom. The van der Waals surface area contributed by atoms with Gasteiger partial charge in [-0.3, -0.25) is 14.4 Å². The van der Waals surface area contributed by atoms with Crippen molar-refractivity contribution in [2.24, 2.45) is 0 Å². The van der Waals surface area contributed by atoms with Gasteiger partial charge in [0.2, 0.25) is 0 Å². The number of carbonyl (C=O) groups excluding carboxylic acids is 5. The van der Waals surface area contributed by atoms with Crippen LogP contribution in [0.5, 0.6) is 0 Å². The van der Waals surface area contributed by atoms with Crippen molar-refractivity contribution in [3.05, 3.63) is 46.0 Å². The normalized spacial score (nSPS) is 9.83. The molecule has 0 radical (unpaired) electrons. The first kappa shape index (κ1) is 38.7. The van der Waals surface area contributed by atoms with Crippen LogP contribution in [-0.2, 0) is 36.9 Å². The molecule has 188 valence electrons. The summed E-state index contributed by atoms with van der Waals surface area (Å²) in [6.45, 7) is 4.19. The molecule has 0 unspecified atom stereocenters. The van der Waals surface area contributed by atoms with E-state index in [1.807, 2.05) is 0 Å². The zero-order valence-corrected chi connectivity index (χ0v) is 32.0. The maximum Gasteiger partial charge on any atom is 1.00 e. The fraction of sp³-hybridized carbons (Fsp3) is 0.560. The van der Waals surface area contributed by atoms with E-state index in [4.69, 9.17) is 4.74 Å². The quantitative estimate of drug-likeness (QED) is 0.143. The number of hydrogen-bond acceptors (Lipinski definition) is 6. The average molecular weight is 645 g/mol. The molecule has 0 spiro atoms. The van der Waals surface area contributed by atoms with E-state index in [2.05, 4.69) is 16.0 Å². The first-order valence-electron chi connectivity index (χ1n) is 11.6. The van der Waals surface area contributed by atoms with Crippen LogP contribution in [-0.4, -0.2) is 55.6 Å². The fourth-order valence-electron chi connectivity index (χ4n) is 2.99. The van der Waals surface area contributed by atoms with Gasteiger partial charge in [-0.25, -0.2) is 0 Å². The standard InChI is InChI=1S/C25H37N3O6.2Rb/c1-19(29)7-4-3-5-12-26-25(33)27-13-6-14-34-18-24(32)28-17-22-10-8-21(9-11-22)16-23(31)15-20(2)30;;/h8-11H,3-7,12-18H2,1-2H3,(H3,26,27,28,32,33);;/q;2*+1/p-2. The summed E-state index contributed by atoms with van der Waals surface area (Å²) >= 11 is 0. The van der Waals surface area contributed by atoms with Crippen molar-refractivity contribution >= 4 is 29.3 Å². The van der Waals surface area contributed by atoms with Crippen LogP contribution in [0.2, 0.25) is 0 Å². The smallest absolute Gasteiger partial charge is 0.648 e. The first-order valence-corrected chi connectivity index (χ1v) is 11.6. The molecule has 0 aliphatic heterocycles. The van der Waals surface area contributed by atoms with Crippen molar-refractivity contribution in [2.75, 3.05) is 26.3 Å². The third-order valence-electron chi connectivity index (χ3n) is 4.72. The molecular formula is C25H35N3O6Rb2. The number of ketones is 3. The van der Waals surface area contributed by atoms with Crippen molar-refractivity contribution in [2.45, 2.75) is 65.3 Å². The van der Waals surface area contributed by atoms with Crippen molar-refractivity contribution < 1.29 is 145 Å². The maximum absolute atomic E-state index is 11.8. The second kappa shape index (κ2) is 24.6. The molecule has 1 aromatic carbocycles. The summed E-state index contributed by atoms with van der Waals surface area (Å²) < 4.78 is 5.28. The predicted molar refractivity (Wildman–Crippen MR) is 129 cm³/mol. The summed E-state index contributed by atoms with van der Waals surface area (Å²) in [6.07, 6.45) is 3.78. The van der Waals surface area contributed by atoms with Gasteiger partial charge in [0.1, 0.15) is 17.3 Å². The zero-order chi connectivity index (χ0) is 25.2. The monoisotopic (exact) mass is 643 g/mol. The molecule has 1 aromatic rings. The molecule has 11 heteroatoms. The molecule has 36 heavy (non-hydrogen) atoms. The largest absolute Gasteiger partial charge is 1.00 e. The van der Waals surface area contributed by atoms with Crippen molar-refractivity contribution in [3.8, 4) is 0 Å². The van der Waals surface area contributed by atoms with Crippen molar-refractivity contribution in [3.63, 3.8) is 0 Å². The van der Waals surface area contributed by atoms with Crippen molar-refractivity contribution in [1.29, 1.82) is 0 Å². The molecule has 1 rings (SSSR count). The Bertz CT molecular complexity index is 819. The molecule has 0 fully saturated rings. The summed E-state index contributed by atoms with van der Waals surface area (Å²) in [5.74, 6) is -0.464. The summed E-state index contributed by atoms with van der Waals surface area (Å²) in [4.78, 5) is 56.9. The van der Waals surface area contributed by atoms with Gasteiger partial charge in [0.05, 0.1) is 18.9 Å². The molecule has 0 saturated heterocycles. The minimum atomic E-state index is -0.375. The third kappa shape index (κ3) is 22.5. The maximum atomic E-state index is 11.8. The number of unbranched alkanes of at least 4 members (excludes halogenated alkanes) is 2. The van der Waals surface area contributed by atoms with E-state index < -0.39 is 0 Å². The van der Waals surface area contributed by atoms with E-state index in [0.29, 0.717) is 32.5 Å². The average Bonchev–Trinajstić information content (AvgIpc) is 2.77. The fourth-order valence-corrected chi connectivity index (χ4v) is 2.99. The number of nitrogens with one attached hydrogen (secondary N) is 1. The van der Waals surface area contributed by atoms with Crippen LogP contribution in [0.4, 0.5) is 4.79 Å². The van der Waals surface area contributed by atoms with E-state index in [9.17, 15) is 24.0 Å². The van der Waals surface area contributed by atoms with Gasteiger partial charge >= 0.3 is 116 Å². The van der Waals surface area contributed by atoms with E-state index in [1.165, 1.54) is 6.92 Å². The first-order chi connectivity index (χ1) is 16.3. The second-order valence-corrected chi connectivity index (χ2v) is 8.15. The number of benzene rings is 1. The Labute approximate surface area is 312 Å². The minimum Gasteiger partial charge on any atom is -0.648 e. The summed E-state index contributed by atoms with van der Waals surface area (Å²) in [7, 11) is 0. The number of hydrogen-bond donors (Lipinski definition) is 1. The van der Waals surface area contributed by atoms with Crippen LogP contribution in [0.1, 0.15) is 63.5 Å². The molecule has 0 heterocycles. The van der Waals surface area contributed by atoms with Gasteiger partial charge in [0.25, 0.3) is 0 Å². The number of carbonyl (C=O) groups is 5. The van der Waals surface area contributed by atoms with Gasteiger partial charge in [-0.15, -0.1) is 6.54 Å². The van der Waals surface area contributed by atoms with Crippen LogP contribution in [0.15, 0.2) is 24.3 Å². The van der Waals surface area contributed by atoms with Gasteiger partial charge in [-0.2, -0.15) is 0 Å². The molecule has 0 aliphatic rings. The summed E-state index contributed by atoms with van der Waals surface area (Å²) in [6, 6.07) is 6.81. The van der Waals surface area contributed by atoms with Gasteiger partial charge in [-0.1, -0.05) is 49.2 Å². The van der Waals surface area contributed by atoms with Crippen LogP contribution >= 0.6 is 0 Å². The molecule has 0 aromatic heterocycles. The van der Waals surface area contributed by atoms with E-state index in [0.717, 1.165) is 30.4 Å². The Balaban J connectivity index is 0. The molecule has 1 N–H and O–H groups in total. The molecular weight excluding hydrogens is 609 g/mol. The Kier molecular flexibility index (Phi) is 26.4. The predicted octanol–water partition coefficient (Wildman–Crippen LogP) is -2.17. The number of nitrogens with zero attached hydrogens (tertiary/aromatic N) is 2. The van der Waals surface area contributed by atoms with Gasteiger partial charge in [-0.05, 0) is 38.8 Å². The second-order valence-electron chi connectivity index (χ2n) is 8.15. The van der Waals surface area contributed by atoms with Gasteiger partial charge in [0, 0.05) is 19.4 Å². The van der Waals surface area contributed by atoms with E-state index in [-0.39, 0.29) is 172 Å². The van der Waals surface area contributed by atoms with Gasteiger partial charge < -0.3 is 30.3 Å². The van der Waals surface area contributed by atoms with E-state index >= 15 is 0 Å². The van der Waals surface area contributed by atoms with Crippen LogP contribution in [0.25, 0.3) is 10.6 Å². The molecule has 0 atom stereocenters. The minimum absolute atomic E-state index is 0. The van der Waals surface area contributed by atoms with Gasteiger partial charge in [0.15, 0.2) is 6.03 Å². The molecule has 0 saturated carbocycles. The zero-order valence-electron chi connectivity index (χ0n) is 22.1. The molecule has 0 bridgehead atoms. The number of urea groups is 1. The van der Waals surface area contributed by atoms with E-state index in [1.54, 1.807) is 31.2 Å². The topological polar surface area (TPSA) is 135 Å². The number of rotatable bonds is 18. The van der Waals surface area contributed by atoms with Crippen LogP contribution in [0, 0.1) is 0 Å². The van der Waals surface area contributed by atoms with Crippen LogP contribution in [0.3, 0.4) is 0 Å². The number of ether oxygens (including phenoxy) is 1. The third-order valence-corrected chi connectivity index (χ3v) is 4.72. The van der Waals surface area contributed by atoms with Crippen LogP contribution < -0.4 is 122 Å².